The van der Waals surface area contributed by atoms with E-state index >= 15 is 0 Å². The molecule has 8 rings (SSSR count). The van der Waals surface area contributed by atoms with E-state index < -0.39 is 18.3 Å². The molecule has 6 aromatic rings. The molecule has 0 spiro atoms. The molecule has 0 aromatic heterocycles. The van der Waals surface area contributed by atoms with E-state index in [9.17, 15) is 0 Å². The third kappa shape index (κ3) is 7.68. The van der Waals surface area contributed by atoms with Crippen LogP contribution in [0.4, 0.5) is 0 Å². The fourth-order valence-corrected chi connectivity index (χ4v) is 28.7. The molecule has 0 heterocycles. The minimum atomic E-state index is -5.48. The van der Waals surface area contributed by atoms with Crippen LogP contribution >= 0.6 is 48.0 Å². The van der Waals surface area contributed by atoms with Crippen LogP contribution in [0, 0.1) is 58.8 Å². The average Bonchev–Trinajstić information content (AvgIpc) is 3.78. The SMILES string of the molecule is Cl.Cl.[CH2]=[Zr]([C]1=CC(C(C)(C)C)=CC1C(C)C)([c]1ccc(Cl)cc1)([c]1ccc(Cl)cc1)[c]1c(-c2c(C)cc(C)cc2C)ccc2c1Cc1cc(-c3c(C)cc(C)cc3C)ccc1-2. The van der Waals surface area contributed by atoms with Gasteiger partial charge in [0.2, 0.25) is 0 Å². The molecule has 2 aliphatic carbocycles. The Balaban J connectivity index is 0.00000311. The summed E-state index contributed by atoms with van der Waals surface area (Å²) in [5.41, 5.74) is 19.8. The van der Waals surface area contributed by atoms with Gasteiger partial charge in [-0.25, -0.2) is 0 Å². The van der Waals surface area contributed by atoms with Gasteiger partial charge in [0.25, 0.3) is 0 Å². The maximum absolute atomic E-state index is 6.84. The topological polar surface area (TPSA) is 0 Å². The molecule has 0 fully saturated rings. The van der Waals surface area contributed by atoms with E-state index in [1.807, 2.05) is 0 Å². The van der Waals surface area contributed by atoms with Crippen molar-refractivity contribution in [1.82, 2.24) is 0 Å². The molecular formula is C56H60Cl4Zr. The summed E-state index contributed by atoms with van der Waals surface area (Å²) in [6.45, 7) is 25.3. The second kappa shape index (κ2) is 17.0. The summed E-state index contributed by atoms with van der Waals surface area (Å²) in [6, 6.07) is 39.1. The van der Waals surface area contributed by atoms with Gasteiger partial charge in [0, 0.05) is 0 Å². The van der Waals surface area contributed by atoms with Gasteiger partial charge in [-0.05, 0) is 0 Å². The van der Waals surface area contributed by atoms with Crippen molar-refractivity contribution in [3.05, 3.63) is 179 Å². The number of hydrogen-bond acceptors (Lipinski definition) is 0. The van der Waals surface area contributed by atoms with Crippen LogP contribution < -0.4 is 9.81 Å². The molecule has 5 heteroatoms. The van der Waals surface area contributed by atoms with E-state index in [-0.39, 0.29) is 36.1 Å². The summed E-state index contributed by atoms with van der Waals surface area (Å²) < 4.78 is 11.5. The first kappa shape index (κ1) is 47.2. The molecule has 0 saturated carbocycles. The van der Waals surface area contributed by atoms with Crippen molar-refractivity contribution in [2.24, 2.45) is 17.3 Å². The zero-order chi connectivity index (χ0) is 42.4. The number of aryl methyl sites for hydroxylation is 6. The summed E-state index contributed by atoms with van der Waals surface area (Å²) in [5, 5.41) is 1.46. The normalized spacial score (nSPS) is 14.8. The molecule has 1 unspecified atom stereocenters. The van der Waals surface area contributed by atoms with Gasteiger partial charge in [0.05, 0.1) is 0 Å². The molecular weight excluding hydrogens is 906 g/mol. The van der Waals surface area contributed by atoms with Crippen LogP contribution in [0.1, 0.15) is 79.1 Å². The Morgan fingerprint density at radius 1 is 0.607 bits per heavy atom. The zero-order valence-corrected chi connectivity index (χ0v) is 43.2. The van der Waals surface area contributed by atoms with E-state index in [1.165, 1.54) is 96.6 Å². The van der Waals surface area contributed by atoms with Crippen molar-refractivity contribution < 1.29 is 18.3 Å². The molecule has 0 amide bonds. The molecule has 0 radical (unpaired) electrons. The fraction of sp³-hybridized carbons (Fsp3) is 0.268. The van der Waals surface area contributed by atoms with Crippen LogP contribution in [-0.2, 0) is 24.7 Å². The maximum atomic E-state index is 6.84. The molecule has 1 atom stereocenters. The van der Waals surface area contributed by atoms with Crippen molar-refractivity contribution in [1.29, 1.82) is 0 Å². The Morgan fingerprint density at radius 2 is 1.07 bits per heavy atom. The van der Waals surface area contributed by atoms with Crippen molar-refractivity contribution in [2.45, 2.75) is 82.6 Å². The van der Waals surface area contributed by atoms with Gasteiger partial charge in [-0.1, -0.05) is 0 Å². The van der Waals surface area contributed by atoms with Gasteiger partial charge < -0.3 is 0 Å². The summed E-state index contributed by atoms with van der Waals surface area (Å²) in [5.74, 6) is 0.532. The zero-order valence-electron chi connectivity index (χ0n) is 37.6. The number of rotatable bonds is 7. The standard InChI is InChI=1S/C31H29.C12H19.2C6H4Cl.CH2.2ClH.Zr/c1-18-11-20(3)30(21(4)12-18)24-7-9-28-26(15-24)17-27-16-25(8-10-29(27)28)31-22(5)13-19(2)14-23(31)6;1-9(2)10-6-7-11(8-10)12(3,4)5;2*7-6-4-2-1-3-5-6;;;;/h7-15H,17H2,1-6H3;7-10H,1-5H3;2*2-5H;1H2;2*1H;. The number of allylic oxidation sites excluding steroid dienone is 4. The fourth-order valence-electron chi connectivity index (χ4n) is 11.2. The summed E-state index contributed by atoms with van der Waals surface area (Å²) >= 11 is 8.20. The van der Waals surface area contributed by atoms with E-state index in [0.717, 1.165) is 16.5 Å². The number of fused-ring (bicyclic) bond motifs is 3. The van der Waals surface area contributed by atoms with Crippen molar-refractivity contribution in [3.8, 4) is 33.4 Å². The van der Waals surface area contributed by atoms with Crippen molar-refractivity contribution in [2.75, 3.05) is 0 Å². The summed E-state index contributed by atoms with van der Waals surface area (Å²) in [6.07, 6.45) is 6.02. The van der Waals surface area contributed by atoms with Gasteiger partial charge in [0.1, 0.15) is 0 Å². The molecule has 0 bridgehead atoms. The van der Waals surface area contributed by atoms with Gasteiger partial charge in [0.15, 0.2) is 0 Å². The van der Waals surface area contributed by atoms with Crippen LogP contribution in [0.25, 0.3) is 33.4 Å². The molecule has 2 aliphatic rings. The first-order valence-electron chi connectivity index (χ1n) is 21.3. The Morgan fingerprint density at radius 3 is 1.54 bits per heavy atom. The van der Waals surface area contributed by atoms with E-state index in [4.69, 9.17) is 27.4 Å². The van der Waals surface area contributed by atoms with E-state index in [1.54, 1.807) is 0 Å². The van der Waals surface area contributed by atoms with Crippen LogP contribution in [-0.4, -0.2) is 4.21 Å². The molecule has 0 saturated heterocycles. The van der Waals surface area contributed by atoms with E-state index in [2.05, 4.69) is 191 Å². The predicted octanol–water partition coefficient (Wildman–Crippen LogP) is 15.1. The predicted molar refractivity (Wildman–Crippen MR) is 271 cm³/mol. The quantitative estimate of drug-likeness (QED) is 0.149. The third-order valence-electron chi connectivity index (χ3n) is 13.8. The van der Waals surface area contributed by atoms with Crippen LogP contribution in [0.3, 0.4) is 0 Å². The summed E-state index contributed by atoms with van der Waals surface area (Å²) in [4.78, 5) is 0. The second-order valence-corrected chi connectivity index (χ2v) is 32.8. The Bertz CT molecular complexity index is 2730. The molecule has 61 heavy (non-hydrogen) atoms. The van der Waals surface area contributed by atoms with Crippen LogP contribution in [0.2, 0.25) is 10.0 Å². The minimum absolute atomic E-state index is 0. The van der Waals surface area contributed by atoms with Gasteiger partial charge in [-0.15, -0.1) is 24.8 Å². The number of benzene rings is 6. The van der Waals surface area contributed by atoms with Gasteiger partial charge >= 0.3 is 367 Å². The molecule has 0 N–H and O–H groups in total. The average molecular weight is 966 g/mol. The molecule has 316 valence electrons. The van der Waals surface area contributed by atoms with E-state index in [0.29, 0.717) is 5.92 Å². The number of hydrogen-bond donors (Lipinski definition) is 0. The van der Waals surface area contributed by atoms with Crippen LogP contribution in [0.15, 0.2) is 124 Å². The summed E-state index contributed by atoms with van der Waals surface area (Å²) in [7, 11) is 0. The monoisotopic (exact) mass is 962 g/mol. The first-order chi connectivity index (χ1) is 27.8. The Hall–Kier alpha value is -3.29. The third-order valence-corrected chi connectivity index (χ3v) is 30.6. The van der Waals surface area contributed by atoms with Crippen molar-refractivity contribution >= 4 is 62.0 Å². The Kier molecular flexibility index (Phi) is 13.2. The van der Waals surface area contributed by atoms with Gasteiger partial charge in [-0.3, -0.25) is 0 Å². The molecule has 6 aromatic carbocycles. The van der Waals surface area contributed by atoms with Crippen LogP contribution in [0.5, 0.6) is 0 Å². The molecule has 0 aliphatic heterocycles. The Labute approximate surface area is 389 Å². The molecule has 0 nitrogen and oxygen atoms in total. The second-order valence-electron chi connectivity index (χ2n) is 19.3. The van der Waals surface area contributed by atoms with Crippen molar-refractivity contribution in [3.63, 3.8) is 0 Å². The first-order valence-corrected chi connectivity index (χ1v) is 28.7. The van der Waals surface area contributed by atoms with Gasteiger partial charge in [-0.2, -0.15) is 0 Å². The number of halogens is 4.